The summed E-state index contributed by atoms with van der Waals surface area (Å²) in [5.74, 6) is 1.05. The Morgan fingerprint density at radius 3 is 2.90 bits per heavy atom. The number of halogens is 1. The minimum atomic E-state index is -0.487. The van der Waals surface area contributed by atoms with Gasteiger partial charge in [0.1, 0.15) is 0 Å². The largest absolute Gasteiger partial charge is 0.339 e. The minimum absolute atomic E-state index is 0.0437. The van der Waals surface area contributed by atoms with Crippen LogP contribution in [0.2, 0.25) is 5.02 Å². The third-order valence-electron chi connectivity index (χ3n) is 3.08. The molecule has 7 nitrogen and oxygen atoms in total. The van der Waals surface area contributed by atoms with Crippen LogP contribution in [0.5, 0.6) is 0 Å². The molecule has 21 heavy (non-hydrogen) atoms. The molecule has 2 aromatic rings. The van der Waals surface area contributed by atoms with E-state index in [-0.39, 0.29) is 11.7 Å². The van der Waals surface area contributed by atoms with Crippen LogP contribution in [0.15, 0.2) is 22.7 Å². The number of hydrogen-bond acceptors (Lipinski definition) is 6. The Labute approximate surface area is 126 Å². The molecule has 8 heteroatoms. The molecule has 1 atom stereocenters. The van der Waals surface area contributed by atoms with E-state index in [4.69, 9.17) is 16.1 Å². The van der Waals surface area contributed by atoms with Gasteiger partial charge in [-0.05, 0) is 19.5 Å². The second kappa shape index (κ2) is 6.64. The average molecular weight is 311 g/mol. The molecular weight excluding hydrogens is 296 g/mol. The van der Waals surface area contributed by atoms with Crippen LogP contribution in [0.1, 0.15) is 24.2 Å². The summed E-state index contributed by atoms with van der Waals surface area (Å²) in [6, 6.07) is 4.57. The molecule has 1 N–H and O–H groups in total. The lowest BCUT2D eigenvalue weighted by atomic mass is 10.1. The van der Waals surface area contributed by atoms with Crippen LogP contribution < -0.4 is 5.32 Å². The van der Waals surface area contributed by atoms with Gasteiger partial charge in [0, 0.05) is 24.6 Å². The Hall–Kier alpha value is -1.99. The Kier molecular flexibility index (Phi) is 4.87. The zero-order chi connectivity index (χ0) is 15.4. The van der Waals surface area contributed by atoms with Gasteiger partial charge in [-0.25, -0.2) is 0 Å². The molecule has 0 saturated carbocycles. The molecule has 1 aromatic heterocycles. The van der Waals surface area contributed by atoms with Crippen LogP contribution in [0.4, 0.5) is 5.69 Å². The summed E-state index contributed by atoms with van der Waals surface area (Å²) in [5, 5.41) is 18.0. The molecule has 0 radical (unpaired) electrons. The summed E-state index contributed by atoms with van der Waals surface area (Å²) in [4.78, 5) is 14.5. The molecule has 0 spiro atoms. The molecule has 1 unspecified atom stereocenters. The van der Waals surface area contributed by atoms with E-state index in [1.165, 1.54) is 12.1 Å². The van der Waals surface area contributed by atoms with Gasteiger partial charge < -0.3 is 9.84 Å². The maximum atomic E-state index is 10.7. The van der Waals surface area contributed by atoms with Crippen molar-refractivity contribution in [3.63, 3.8) is 0 Å². The van der Waals surface area contributed by atoms with Crippen molar-refractivity contribution in [2.75, 3.05) is 7.05 Å². The fourth-order valence-electron chi connectivity index (χ4n) is 1.78. The second-order valence-electron chi connectivity index (χ2n) is 4.71. The summed E-state index contributed by atoms with van der Waals surface area (Å²) < 4.78 is 5.17. The quantitative estimate of drug-likeness (QED) is 0.650. The first-order chi connectivity index (χ1) is 9.99. The monoisotopic (exact) mass is 310 g/mol. The topological polar surface area (TPSA) is 94.1 Å². The molecule has 0 fully saturated rings. The van der Waals surface area contributed by atoms with Crippen LogP contribution >= 0.6 is 11.6 Å². The number of nitrogens with one attached hydrogen (secondary N) is 1. The third-order valence-corrected chi connectivity index (χ3v) is 3.43. The zero-order valence-electron chi connectivity index (χ0n) is 11.7. The Morgan fingerprint density at radius 1 is 1.52 bits per heavy atom. The van der Waals surface area contributed by atoms with Crippen molar-refractivity contribution in [1.82, 2.24) is 15.5 Å². The average Bonchev–Trinajstić information content (AvgIpc) is 2.88. The number of nitro groups is 1. The van der Waals surface area contributed by atoms with Crippen molar-refractivity contribution in [3.05, 3.63) is 50.6 Å². The highest BCUT2D eigenvalue weighted by Crippen LogP contribution is 2.24. The van der Waals surface area contributed by atoms with Gasteiger partial charge in [0.2, 0.25) is 5.89 Å². The van der Waals surface area contributed by atoms with Crippen molar-refractivity contribution in [3.8, 4) is 0 Å². The van der Waals surface area contributed by atoms with E-state index in [0.717, 1.165) is 0 Å². The van der Waals surface area contributed by atoms with Crippen LogP contribution in [0.3, 0.4) is 0 Å². The lowest BCUT2D eigenvalue weighted by Crippen LogP contribution is -2.24. The summed E-state index contributed by atoms with van der Waals surface area (Å²) in [5.41, 5.74) is 0.664. The molecule has 0 aliphatic rings. The SMILES string of the molecule is CNC(C)Cc1noc(Cc2ccc([N+](=O)[O-])cc2Cl)n1. The van der Waals surface area contributed by atoms with Gasteiger partial charge in [0.05, 0.1) is 16.4 Å². The number of aromatic nitrogens is 2. The van der Waals surface area contributed by atoms with Crippen molar-refractivity contribution in [2.45, 2.75) is 25.8 Å². The summed E-state index contributed by atoms with van der Waals surface area (Å²) in [6.07, 6.45) is 1.01. The van der Waals surface area contributed by atoms with Crippen LogP contribution in [0, 0.1) is 10.1 Å². The lowest BCUT2D eigenvalue weighted by Gasteiger charge is -2.04. The fraction of sp³-hybridized carbons (Fsp3) is 0.385. The normalized spacial score (nSPS) is 12.3. The van der Waals surface area contributed by atoms with Crippen LogP contribution in [-0.2, 0) is 12.8 Å². The maximum absolute atomic E-state index is 10.7. The van der Waals surface area contributed by atoms with Crippen molar-refractivity contribution in [2.24, 2.45) is 0 Å². The van der Waals surface area contributed by atoms with Crippen molar-refractivity contribution in [1.29, 1.82) is 0 Å². The first-order valence-electron chi connectivity index (χ1n) is 6.41. The first kappa shape index (κ1) is 15.4. The van der Waals surface area contributed by atoms with Gasteiger partial charge in [-0.1, -0.05) is 22.8 Å². The predicted molar refractivity (Wildman–Crippen MR) is 77.4 cm³/mol. The molecule has 2 rings (SSSR count). The number of hydrogen-bond donors (Lipinski definition) is 1. The predicted octanol–water partition coefficient (Wildman–Crippen LogP) is 2.37. The molecular formula is C13H15ClN4O3. The number of benzene rings is 1. The van der Waals surface area contributed by atoms with Crippen LogP contribution in [0.25, 0.3) is 0 Å². The number of rotatable bonds is 6. The zero-order valence-corrected chi connectivity index (χ0v) is 12.4. The number of nitro benzene ring substituents is 1. The third kappa shape index (κ3) is 3.99. The number of likely N-dealkylation sites (N-methyl/N-ethyl adjacent to an activating group) is 1. The molecule has 1 heterocycles. The van der Waals surface area contributed by atoms with Gasteiger partial charge in [-0.3, -0.25) is 10.1 Å². The summed E-state index contributed by atoms with van der Waals surface area (Å²) in [7, 11) is 1.86. The van der Waals surface area contributed by atoms with Gasteiger partial charge in [0.15, 0.2) is 5.82 Å². The van der Waals surface area contributed by atoms with Gasteiger partial charge >= 0.3 is 0 Å². The summed E-state index contributed by atoms with van der Waals surface area (Å²) >= 11 is 6.03. The van der Waals surface area contributed by atoms with E-state index in [9.17, 15) is 10.1 Å². The molecule has 1 aromatic carbocycles. The Morgan fingerprint density at radius 2 is 2.29 bits per heavy atom. The molecule has 112 valence electrons. The maximum Gasteiger partial charge on any atom is 0.270 e. The minimum Gasteiger partial charge on any atom is -0.339 e. The lowest BCUT2D eigenvalue weighted by molar-refractivity contribution is -0.384. The van der Waals surface area contributed by atoms with E-state index in [2.05, 4.69) is 15.5 Å². The molecule has 0 amide bonds. The molecule has 0 saturated heterocycles. The first-order valence-corrected chi connectivity index (χ1v) is 6.79. The summed E-state index contributed by atoms with van der Waals surface area (Å²) in [6.45, 7) is 2.02. The smallest absolute Gasteiger partial charge is 0.270 e. The van der Waals surface area contributed by atoms with Gasteiger partial charge in [-0.15, -0.1) is 0 Å². The Bertz CT molecular complexity index is 644. The fourth-order valence-corrected chi connectivity index (χ4v) is 2.02. The highest BCUT2D eigenvalue weighted by Gasteiger charge is 2.14. The van der Waals surface area contributed by atoms with Gasteiger partial charge in [-0.2, -0.15) is 4.98 Å². The number of nitrogens with zero attached hydrogens (tertiary/aromatic N) is 3. The molecule has 0 aliphatic carbocycles. The van der Waals surface area contributed by atoms with E-state index < -0.39 is 4.92 Å². The molecule has 0 bridgehead atoms. The van der Waals surface area contributed by atoms with E-state index >= 15 is 0 Å². The van der Waals surface area contributed by atoms with Crippen molar-refractivity contribution < 1.29 is 9.45 Å². The van der Waals surface area contributed by atoms with E-state index in [1.54, 1.807) is 6.07 Å². The van der Waals surface area contributed by atoms with E-state index in [1.807, 2.05) is 14.0 Å². The second-order valence-corrected chi connectivity index (χ2v) is 5.11. The highest BCUT2D eigenvalue weighted by molar-refractivity contribution is 6.31. The number of non-ortho nitro benzene ring substituents is 1. The standard InChI is InChI=1S/C13H15ClN4O3/c1-8(15-2)5-12-16-13(21-17-12)6-9-3-4-10(18(19)20)7-11(9)14/h3-4,7-8,15H,5-6H2,1-2H3. The molecule has 0 aliphatic heterocycles. The van der Waals surface area contributed by atoms with E-state index in [0.29, 0.717) is 35.1 Å². The Balaban J connectivity index is 2.10. The van der Waals surface area contributed by atoms with Crippen LogP contribution in [-0.4, -0.2) is 28.2 Å². The van der Waals surface area contributed by atoms with Crippen molar-refractivity contribution >= 4 is 17.3 Å². The van der Waals surface area contributed by atoms with Gasteiger partial charge in [0.25, 0.3) is 5.69 Å². The highest BCUT2D eigenvalue weighted by atomic mass is 35.5.